The second kappa shape index (κ2) is 17.6. The maximum Gasteiger partial charge on any atom is 0.303 e. The van der Waals surface area contributed by atoms with Crippen LogP contribution in [0.5, 0.6) is 0 Å². The summed E-state index contributed by atoms with van der Waals surface area (Å²) in [6, 6.07) is 38.0. The topological polar surface area (TPSA) is 166 Å². The van der Waals surface area contributed by atoms with Crippen LogP contribution in [0.1, 0.15) is 72.1 Å². The van der Waals surface area contributed by atoms with Crippen molar-refractivity contribution < 1.29 is 61.9 Å². The van der Waals surface area contributed by atoms with Gasteiger partial charge in [-0.05, 0) is 36.4 Å². The predicted octanol–water partition coefficient (Wildman–Crippen LogP) is 6.10. The molecule has 0 aliphatic carbocycles. The first-order valence-corrected chi connectivity index (χ1v) is 22.5. The van der Waals surface area contributed by atoms with E-state index in [9.17, 15) is 24.0 Å². The Hall–Kier alpha value is -6.08. The summed E-state index contributed by atoms with van der Waals surface area (Å²) in [4.78, 5) is 74.7. The Kier molecular flexibility index (Phi) is 11.4. The fourth-order valence-corrected chi connectivity index (χ4v) is 10.9. The lowest BCUT2D eigenvalue weighted by molar-refractivity contribution is -0.375. The van der Waals surface area contributed by atoms with E-state index in [0.29, 0.717) is 11.1 Å². The predicted molar refractivity (Wildman–Crippen MR) is 232 cm³/mol. The molecule has 0 saturated carbocycles. The summed E-state index contributed by atoms with van der Waals surface area (Å²) in [5, 5.41) is 0. The molecule has 5 aromatic carbocycles. The molecule has 4 fully saturated rings. The van der Waals surface area contributed by atoms with Gasteiger partial charge in [-0.2, -0.15) is 0 Å². The Labute approximate surface area is 382 Å². The highest BCUT2D eigenvalue weighted by Crippen LogP contribution is 2.46. The molecule has 0 radical (unpaired) electrons. The number of esters is 1. The summed E-state index contributed by atoms with van der Waals surface area (Å²) < 4.78 is 53.0. The minimum Gasteiger partial charge on any atom is -0.457 e. The zero-order valence-corrected chi connectivity index (χ0v) is 36.0. The van der Waals surface area contributed by atoms with Crippen LogP contribution in [0.2, 0.25) is 0 Å². The van der Waals surface area contributed by atoms with Crippen LogP contribution in [0.15, 0.2) is 144 Å². The molecule has 6 heterocycles. The number of hydrogen-bond donors (Lipinski definition) is 0. The Morgan fingerprint density at radius 3 is 1.44 bits per heavy atom. The Bertz CT molecular complexity index is 2600. The minimum absolute atomic E-state index is 0.0153. The van der Waals surface area contributed by atoms with Gasteiger partial charge in [-0.15, -0.1) is 0 Å². The molecule has 12 atom stereocenters. The fourth-order valence-electron chi connectivity index (χ4n) is 9.66. The number of imide groups is 2. The van der Waals surface area contributed by atoms with Crippen LogP contribution >= 0.6 is 11.8 Å². The van der Waals surface area contributed by atoms with Gasteiger partial charge in [0.05, 0.1) is 35.5 Å². The third-order valence-electron chi connectivity index (χ3n) is 12.6. The van der Waals surface area contributed by atoms with Crippen LogP contribution in [0.25, 0.3) is 0 Å². The third-order valence-corrected chi connectivity index (χ3v) is 13.8. The van der Waals surface area contributed by atoms with Crippen molar-refractivity contribution in [2.24, 2.45) is 0 Å². The Morgan fingerprint density at radius 1 is 0.530 bits per heavy atom. The molecular formula is C50H42N2O13S. The van der Waals surface area contributed by atoms with E-state index in [1.807, 2.05) is 91.0 Å². The molecule has 16 heteroatoms. The molecule has 0 N–H and O–H groups in total. The molecule has 4 amide bonds. The molecule has 11 rings (SSSR count). The van der Waals surface area contributed by atoms with Gasteiger partial charge < -0.3 is 37.9 Å². The van der Waals surface area contributed by atoms with E-state index < -0.39 is 103 Å². The van der Waals surface area contributed by atoms with Gasteiger partial charge in [0.15, 0.2) is 25.0 Å². The second-order valence-corrected chi connectivity index (χ2v) is 17.7. The normalized spacial score (nSPS) is 31.5. The highest BCUT2D eigenvalue weighted by Gasteiger charge is 2.62. The first-order valence-electron chi connectivity index (χ1n) is 21.7. The molecule has 336 valence electrons. The first kappa shape index (κ1) is 42.5. The molecule has 5 aromatic rings. The van der Waals surface area contributed by atoms with Crippen molar-refractivity contribution in [3.8, 4) is 0 Å². The number of carbonyl (C=O) groups is 5. The quantitative estimate of drug-likeness (QED) is 0.123. The number of thioether (sulfide) groups is 1. The lowest BCUT2D eigenvalue weighted by atomic mass is 9.92. The van der Waals surface area contributed by atoms with Crippen LogP contribution in [-0.2, 0) is 42.7 Å². The number of carbonyl (C=O) groups excluding carboxylic acids is 5. The fraction of sp³-hybridized carbons (Fsp3) is 0.300. The molecule has 4 saturated heterocycles. The van der Waals surface area contributed by atoms with Gasteiger partial charge in [0.2, 0.25) is 0 Å². The average molecular weight is 911 g/mol. The number of benzene rings is 5. The molecule has 0 spiro atoms. The number of rotatable bonds is 9. The molecule has 66 heavy (non-hydrogen) atoms. The third kappa shape index (κ3) is 7.52. The lowest BCUT2D eigenvalue weighted by Crippen LogP contribution is -2.72. The molecular weight excluding hydrogens is 869 g/mol. The van der Waals surface area contributed by atoms with Gasteiger partial charge in [-0.25, -0.2) is 0 Å². The SMILES string of the molecule is CC(=O)O[C@H]1[C@@H]2OC(c3ccccc3)OC[C@H]2O[C@@H](O[C@H]2[C@@H]3OC(c4ccccc4)OC[C@H]3O[C@@H](Sc3ccccc3)[C@@H]2N2C(=O)c3ccccc3C2=O)[C@@H]1N1C(=O)c2ccccc2C1=O. The van der Waals surface area contributed by atoms with Crippen molar-refractivity contribution in [3.63, 3.8) is 0 Å². The van der Waals surface area contributed by atoms with Crippen molar-refractivity contribution >= 4 is 41.4 Å². The maximum absolute atomic E-state index is 14.7. The maximum atomic E-state index is 14.7. The summed E-state index contributed by atoms with van der Waals surface area (Å²) in [6.07, 6.45) is -10.1. The van der Waals surface area contributed by atoms with Crippen molar-refractivity contribution in [3.05, 3.63) is 173 Å². The molecule has 15 nitrogen and oxygen atoms in total. The largest absolute Gasteiger partial charge is 0.457 e. The minimum atomic E-state index is -1.61. The molecule has 6 aliphatic rings. The summed E-state index contributed by atoms with van der Waals surface area (Å²) in [5.74, 6) is -3.24. The van der Waals surface area contributed by atoms with E-state index in [4.69, 9.17) is 37.9 Å². The summed E-state index contributed by atoms with van der Waals surface area (Å²) in [6.45, 7) is 1.16. The van der Waals surface area contributed by atoms with Gasteiger partial charge in [0, 0.05) is 22.9 Å². The number of ether oxygens (including phenoxy) is 8. The van der Waals surface area contributed by atoms with Crippen molar-refractivity contribution in [2.45, 2.75) is 84.8 Å². The standard InChI is InChI=1S/C50H42N2O13S/c1-27(53)60-41-37(51-43(54)31-21-11-12-22-32(31)44(51)55)49(61-35-25-58-47(63-39(35)41)28-15-5-2-6-16-28)65-42-38(52-45(56)33-23-13-14-24-34(33)46(52)57)50(66-30-19-9-4-10-20-30)62-36-26-59-48(64-40(36)42)29-17-7-3-8-18-29/h2-24,35-42,47-50H,25-26H2,1H3/t35-,36-,37-,38-,39-,40-,41-,42-,47?,48?,49+,50+/m1/s1. The molecule has 0 aromatic heterocycles. The van der Waals surface area contributed by atoms with Gasteiger partial charge in [-0.3, -0.25) is 33.8 Å². The Morgan fingerprint density at radius 2 is 0.955 bits per heavy atom. The van der Waals surface area contributed by atoms with Crippen LogP contribution in [0, 0.1) is 0 Å². The number of hydrogen-bond acceptors (Lipinski definition) is 14. The van der Waals surface area contributed by atoms with E-state index in [2.05, 4.69) is 0 Å². The molecule has 6 aliphatic heterocycles. The molecule has 0 bridgehead atoms. The van der Waals surface area contributed by atoms with E-state index >= 15 is 0 Å². The van der Waals surface area contributed by atoms with Gasteiger partial charge in [0.1, 0.15) is 48.0 Å². The van der Waals surface area contributed by atoms with Gasteiger partial charge in [0.25, 0.3) is 23.6 Å². The lowest BCUT2D eigenvalue weighted by Gasteiger charge is -2.54. The monoisotopic (exact) mass is 910 g/mol. The van der Waals surface area contributed by atoms with Crippen LogP contribution < -0.4 is 0 Å². The highest BCUT2D eigenvalue weighted by atomic mass is 32.2. The number of fused-ring (bicyclic) bond motifs is 4. The van der Waals surface area contributed by atoms with E-state index in [0.717, 1.165) is 14.7 Å². The van der Waals surface area contributed by atoms with Crippen LogP contribution in [0.4, 0.5) is 0 Å². The summed E-state index contributed by atoms with van der Waals surface area (Å²) >= 11 is 1.28. The van der Waals surface area contributed by atoms with Crippen LogP contribution in [0.3, 0.4) is 0 Å². The smallest absolute Gasteiger partial charge is 0.303 e. The Balaban J connectivity index is 1.05. The zero-order chi connectivity index (χ0) is 45.1. The van der Waals surface area contributed by atoms with Crippen LogP contribution in [-0.4, -0.2) is 113 Å². The first-order chi connectivity index (χ1) is 32.2. The second-order valence-electron chi connectivity index (χ2n) is 16.6. The average Bonchev–Trinajstić information content (AvgIpc) is 3.75. The van der Waals surface area contributed by atoms with Crippen molar-refractivity contribution in [1.82, 2.24) is 9.80 Å². The van der Waals surface area contributed by atoms with Gasteiger partial charge in [-0.1, -0.05) is 115 Å². The van der Waals surface area contributed by atoms with Crippen molar-refractivity contribution in [1.29, 1.82) is 0 Å². The molecule has 2 unspecified atom stereocenters. The van der Waals surface area contributed by atoms with Gasteiger partial charge >= 0.3 is 5.97 Å². The summed E-state index contributed by atoms with van der Waals surface area (Å²) in [7, 11) is 0. The van der Waals surface area contributed by atoms with E-state index in [-0.39, 0.29) is 35.5 Å². The van der Waals surface area contributed by atoms with E-state index in [1.54, 1.807) is 48.5 Å². The highest BCUT2D eigenvalue weighted by molar-refractivity contribution is 7.99. The number of nitrogens with zero attached hydrogens (tertiary/aromatic N) is 2. The zero-order valence-electron chi connectivity index (χ0n) is 35.2. The number of amides is 4. The van der Waals surface area contributed by atoms with Crippen molar-refractivity contribution in [2.75, 3.05) is 13.2 Å². The summed E-state index contributed by atoms with van der Waals surface area (Å²) in [5.41, 5.74) is 1.03. The van der Waals surface area contributed by atoms with E-state index in [1.165, 1.54) is 18.7 Å².